The Bertz CT molecular complexity index is 759. The van der Waals surface area contributed by atoms with Crippen LogP contribution in [0, 0.1) is 0 Å². The molecule has 8 heteroatoms. The lowest BCUT2D eigenvalue weighted by Crippen LogP contribution is -2.49. The average molecular weight is 369 g/mol. The van der Waals surface area contributed by atoms with E-state index in [1.165, 1.54) is 0 Å². The number of carbonyl (C=O) groups excluding carboxylic acids is 2. The van der Waals surface area contributed by atoms with Crippen LogP contribution in [0.3, 0.4) is 0 Å². The van der Waals surface area contributed by atoms with Crippen LogP contribution in [-0.2, 0) is 9.53 Å². The molecule has 1 fully saturated rings. The molecule has 1 aromatic carbocycles. The molecule has 0 saturated carbocycles. The van der Waals surface area contributed by atoms with Gasteiger partial charge in [0.15, 0.2) is 0 Å². The van der Waals surface area contributed by atoms with E-state index in [2.05, 4.69) is 25.1 Å². The monoisotopic (exact) mass is 369 g/mol. The maximum atomic E-state index is 12.3. The van der Waals surface area contributed by atoms with Crippen molar-refractivity contribution in [1.82, 2.24) is 14.9 Å². The summed E-state index contributed by atoms with van der Waals surface area (Å²) < 4.78 is 4.94. The van der Waals surface area contributed by atoms with Crippen molar-refractivity contribution in [2.45, 2.75) is 6.92 Å². The summed E-state index contributed by atoms with van der Waals surface area (Å²) in [6, 6.07) is 8.49. The molecule has 1 aromatic heterocycles. The third kappa shape index (κ3) is 5.24. The van der Waals surface area contributed by atoms with Crippen LogP contribution in [0.4, 0.5) is 11.6 Å². The maximum Gasteiger partial charge on any atom is 0.338 e. The molecule has 1 N–H and O–H groups in total. The summed E-state index contributed by atoms with van der Waals surface area (Å²) in [6.07, 6.45) is 3.46. The fraction of sp³-hybridized carbons (Fsp3) is 0.368. The van der Waals surface area contributed by atoms with Crippen LogP contribution < -0.4 is 10.2 Å². The van der Waals surface area contributed by atoms with E-state index in [1.54, 1.807) is 49.6 Å². The normalized spacial score (nSPS) is 14.6. The molecule has 0 unspecified atom stereocenters. The zero-order chi connectivity index (χ0) is 19.1. The van der Waals surface area contributed by atoms with Gasteiger partial charge < -0.3 is 15.0 Å². The number of piperazine rings is 1. The average Bonchev–Trinajstić information content (AvgIpc) is 2.70. The van der Waals surface area contributed by atoms with Crippen LogP contribution in [0.15, 0.2) is 42.7 Å². The SMILES string of the molecule is CCOC(=O)c1ccc(NC(=O)CN2CCN(c3ncccn3)CC2)cc1. The van der Waals surface area contributed by atoms with E-state index in [0.717, 1.165) is 32.1 Å². The standard InChI is InChI=1S/C19H23N5O3/c1-2-27-18(26)15-4-6-16(7-5-15)22-17(25)14-23-10-12-24(13-11-23)19-20-8-3-9-21-19/h3-9H,2,10-14H2,1H3,(H,22,25). The first-order valence-corrected chi connectivity index (χ1v) is 8.97. The maximum absolute atomic E-state index is 12.3. The van der Waals surface area contributed by atoms with Crippen molar-refractivity contribution in [3.63, 3.8) is 0 Å². The smallest absolute Gasteiger partial charge is 0.338 e. The molecular weight excluding hydrogens is 346 g/mol. The summed E-state index contributed by atoms with van der Waals surface area (Å²) in [5.41, 5.74) is 1.12. The van der Waals surface area contributed by atoms with Gasteiger partial charge in [0.2, 0.25) is 11.9 Å². The quantitative estimate of drug-likeness (QED) is 0.771. The number of esters is 1. The van der Waals surface area contributed by atoms with Gasteiger partial charge in [-0.15, -0.1) is 0 Å². The molecule has 0 spiro atoms. The van der Waals surface area contributed by atoms with E-state index in [1.807, 2.05) is 0 Å². The Balaban J connectivity index is 1.45. The number of aromatic nitrogens is 2. The lowest BCUT2D eigenvalue weighted by atomic mass is 10.2. The van der Waals surface area contributed by atoms with E-state index in [9.17, 15) is 9.59 Å². The van der Waals surface area contributed by atoms with E-state index in [4.69, 9.17) is 4.74 Å². The van der Waals surface area contributed by atoms with Crippen LogP contribution in [0.1, 0.15) is 17.3 Å². The Labute approximate surface area is 158 Å². The minimum Gasteiger partial charge on any atom is -0.462 e. The lowest BCUT2D eigenvalue weighted by Gasteiger charge is -2.34. The molecule has 1 saturated heterocycles. The van der Waals surface area contributed by atoms with E-state index in [-0.39, 0.29) is 11.9 Å². The molecule has 0 aliphatic carbocycles. The van der Waals surface area contributed by atoms with Crippen LogP contribution >= 0.6 is 0 Å². The Kier molecular flexibility index (Phi) is 6.32. The van der Waals surface area contributed by atoms with Crippen molar-refractivity contribution in [2.75, 3.05) is 49.5 Å². The third-order valence-corrected chi connectivity index (χ3v) is 4.25. The molecule has 1 aliphatic rings. The van der Waals surface area contributed by atoms with Crippen molar-refractivity contribution in [3.05, 3.63) is 48.3 Å². The van der Waals surface area contributed by atoms with Crippen molar-refractivity contribution >= 4 is 23.5 Å². The largest absolute Gasteiger partial charge is 0.462 e. The number of carbonyl (C=O) groups is 2. The molecular formula is C19H23N5O3. The van der Waals surface area contributed by atoms with Gasteiger partial charge in [-0.3, -0.25) is 9.69 Å². The molecule has 1 amide bonds. The fourth-order valence-electron chi connectivity index (χ4n) is 2.87. The van der Waals surface area contributed by atoms with E-state index < -0.39 is 0 Å². The minimum atomic E-state index is -0.365. The highest BCUT2D eigenvalue weighted by Crippen LogP contribution is 2.12. The highest BCUT2D eigenvalue weighted by molar-refractivity contribution is 5.94. The highest BCUT2D eigenvalue weighted by Gasteiger charge is 2.20. The molecule has 0 bridgehead atoms. The Morgan fingerprint density at radius 1 is 1.07 bits per heavy atom. The van der Waals surface area contributed by atoms with Gasteiger partial charge in [0, 0.05) is 44.3 Å². The van der Waals surface area contributed by atoms with Crippen molar-refractivity contribution in [3.8, 4) is 0 Å². The number of hydrogen-bond donors (Lipinski definition) is 1. The molecule has 0 radical (unpaired) electrons. The van der Waals surface area contributed by atoms with Gasteiger partial charge in [-0.05, 0) is 37.3 Å². The first kappa shape index (κ1) is 18.8. The van der Waals surface area contributed by atoms with Gasteiger partial charge in [-0.2, -0.15) is 0 Å². The first-order valence-electron chi connectivity index (χ1n) is 8.97. The number of amides is 1. The van der Waals surface area contributed by atoms with Gasteiger partial charge in [-0.25, -0.2) is 14.8 Å². The Morgan fingerprint density at radius 2 is 1.74 bits per heavy atom. The second-order valence-corrected chi connectivity index (χ2v) is 6.16. The number of nitrogens with one attached hydrogen (secondary N) is 1. The van der Waals surface area contributed by atoms with E-state index in [0.29, 0.717) is 24.4 Å². The number of rotatable bonds is 6. The van der Waals surface area contributed by atoms with Gasteiger partial charge in [-0.1, -0.05) is 0 Å². The number of hydrogen-bond acceptors (Lipinski definition) is 7. The topological polar surface area (TPSA) is 87.7 Å². The molecule has 2 aromatic rings. The summed E-state index contributed by atoms with van der Waals surface area (Å²) in [7, 11) is 0. The summed E-state index contributed by atoms with van der Waals surface area (Å²) in [6.45, 7) is 5.53. The second-order valence-electron chi connectivity index (χ2n) is 6.16. The highest BCUT2D eigenvalue weighted by atomic mass is 16.5. The van der Waals surface area contributed by atoms with Crippen molar-refractivity contribution in [2.24, 2.45) is 0 Å². The Hall–Kier alpha value is -3.00. The predicted molar refractivity (Wildman–Crippen MR) is 102 cm³/mol. The number of benzene rings is 1. The predicted octanol–water partition coefficient (Wildman–Crippen LogP) is 1.41. The second kappa shape index (κ2) is 9.09. The van der Waals surface area contributed by atoms with Gasteiger partial charge >= 0.3 is 5.97 Å². The molecule has 1 aliphatic heterocycles. The van der Waals surface area contributed by atoms with Gasteiger partial charge in [0.05, 0.1) is 18.7 Å². The summed E-state index contributed by atoms with van der Waals surface area (Å²) >= 11 is 0. The fourth-order valence-corrected chi connectivity index (χ4v) is 2.87. The van der Waals surface area contributed by atoms with Crippen molar-refractivity contribution < 1.29 is 14.3 Å². The van der Waals surface area contributed by atoms with E-state index >= 15 is 0 Å². The lowest BCUT2D eigenvalue weighted by molar-refractivity contribution is -0.117. The van der Waals surface area contributed by atoms with Gasteiger partial charge in [0.25, 0.3) is 0 Å². The van der Waals surface area contributed by atoms with Crippen molar-refractivity contribution in [1.29, 1.82) is 0 Å². The number of anilines is 2. The zero-order valence-corrected chi connectivity index (χ0v) is 15.3. The summed E-state index contributed by atoms with van der Waals surface area (Å²) in [4.78, 5) is 36.6. The molecule has 3 rings (SSSR count). The van der Waals surface area contributed by atoms with Crippen LogP contribution in [0.25, 0.3) is 0 Å². The molecule has 0 atom stereocenters. The first-order chi connectivity index (χ1) is 13.2. The summed E-state index contributed by atoms with van der Waals surface area (Å²) in [5.74, 6) is 0.280. The third-order valence-electron chi connectivity index (χ3n) is 4.25. The Morgan fingerprint density at radius 3 is 2.37 bits per heavy atom. The molecule has 27 heavy (non-hydrogen) atoms. The van der Waals surface area contributed by atoms with Gasteiger partial charge in [0.1, 0.15) is 0 Å². The molecule has 8 nitrogen and oxygen atoms in total. The number of ether oxygens (including phenoxy) is 1. The minimum absolute atomic E-state index is 0.0803. The van der Waals surface area contributed by atoms with Crippen LogP contribution in [0.2, 0.25) is 0 Å². The zero-order valence-electron chi connectivity index (χ0n) is 15.3. The molecule has 142 valence electrons. The molecule has 2 heterocycles. The number of nitrogens with zero attached hydrogens (tertiary/aromatic N) is 4. The summed E-state index contributed by atoms with van der Waals surface area (Å²) in [5, 5.41) is 2.86. The van der Waals surface area contributed by atoms with Crippen LogP contribution in [0.5, 0.6) is 0 Å². The van der Waals surface area contributed by atoms with Crippen LogP contribution in [-0.4, -0.2) is 66.1 Å².